The van der Waals surface area contributed by atoms with E-state index in [0.29, 0.717) is 24.1 Å². The molecule has 1 fully saturated rings. The molecule has 1 unspecified atom stereocenters. The minimum atomic E-state index is -0.269. The molecule has 0 spiro atoms. The zero-order chi connectivity index (χ0) is 12.7. The van der Waals surface area contributed by atoms with E-state index >= 15 is 0 Å². The van der Waals surface area contributed by atoms with Gasteiger partial charge in [-0.2, -0.15) is 11.8 Å². The van der Waals surface area contributed by atoms with Crippen molar-refractivity contribution in [3.63, 3.8) is 0 Å². The topological polar surface area (TPSA) is 27.6 Å². The molecule has 0 aromatic heterocycles. The predicted molar refractivity (Wildman–Crippen MR) is 90.0 cm³/mol. The Balaban J connectivity index is 0.00000289. The minimum absolute atomic E-state index is 0. The summed E-state index contributed by atoms with van der Waals surface area (Å²) in [4.78, 5) is 6.57. The Morgan fingerprint density at radius 1 is 1.56 bits per heavy atom. The van der Waals surface area contributed by atoms with Gasteiger partial charge in [0.2, 0.25) is 0 Å². The Morgan fingerprint density at radius 2 is 2.28 bits per heavy atom. The maximum absolute atomic E-state index is 12.1. The molecule has 18 heavy (non-hydrogen) atoms. The van der Waals surface area contributed by atoms with E-state index < -0.39 is 0 Å². The molecular formula is C12H25FIN3S. The summed E-state index contributed by atoms with van der Waals surface area (Å²) >= 11 is 2.05. The lowest BCUT2D eigenvalue weighted by molar-refractivity contribution is 0.378. The lowest BCUT2D eigenvalue weighted by Crippen LogP contribution is -2.49. The van der Waals surface area contributed by atoms with E-state index in [2.05, 4.69) is 29.1 Å². The van der Waals surface area contributed by atoms with E-state index in [0.717, 1.165) is 24.8 Å². The van der Waals surface area contributed by atoms with Crippen molar-refractivity contribution in [2.75, 3.05) is 39.1 Å². The van der Waals surface area contributed by atoms with Crippen LogP contribution in [0.3, 0.4) is 0 Å². The highest BCUT2D eigenvalue weighted by molar-refractivity contribution is 14.0. The number of guanidine groups is 1. The molecule has 1 rings (SSSR count). The van der Waals surface area contributed by atoms with E-state index in [9.17, 15) is 4.39 Å². The Hall–Kier alpha value is 0.280. The fourth-order valence-corrected chi connectivity index (χ4v) is 3.17. The third kappa shape index (κ3) is 5.95. The predicted octanol–water partition coefficient (Wildman–Crippen LogP) is 2.61. The number of rotatable bonds is 4. The first kappa shape index (κ1) is 18.3. The first-order chi connectivity index (χ1) is 8.19. The molecule has 0 aromatic carbocycles. The first-order valence-electron chi connectivity index (χ1n) is 6.32. The van der Waals surface area contributed by atoms with Gasteiger partial charge in [0.25, 0.3) is 0 Å². The van der Waals surface area contributed by atoms with Crippen LogP contribution in [0.2, 0.25) is 0 Å². The van der Waals surface area contributed by atoms with Gasteiger partial charge >= 0.3 is 0 Å². The van der Waals surface area contributed by atoms with Crippen LogP contribution in [0.4, 0.5) is 4.39 Å². The number of hydrogen-bond acceptors (Lipinski definition) is 2. The first-order valence-corrected chi connectivity index (χ1v) is 7.37. The summed E-state index contributed by atoms with van der Waals surface area (Å²) in [6.45, 7) is 7.00. The molecule has 0 bridgehead atoms. The van der Waals surface area contributed by atoms with Crippen LogP contribution in [-0.4, -0.2) is 55.2 Å². The number of nitrogens with zero attached hydrogens (tertiary/aromatic N) is 2. The van der Waals surface area contributed by atoms with E-state index in [-0.39, 0.29) is 30.7 Å². The Bertz CT molecular complexity index is 251. The van der Waals surface area contributed by atoms with E-state index in [4.69, 9.17) is 0 Å². The van der Waals surface area contributed by atoms with Crippen molar-refractivity contribution in [2.24, 2.45) is 10.9 Å². The van der Waals surface area contributed by atoms with Crippen molar-refractivity contribution in [3.05, 3.63) is 0 Å². The Kier molecular flexibility index (Phi) is 10.3. The molecule has 3 nitrogen and oxygen atoms in total. The van der Waals surface area contributed by atoms with Crippen LogP contribution in [0.5, 0.6) is 0 Å². The summed E-state index contributed by atoms with van der Waals surface area (Å²) in [5, 5.41) is 3.90. The van der Waals surface area contributed by atoms with Crippen LogP contribution < -0.4 is 5.32 Å². The summed E-state index contributed by atoms with van der Waals surface area (Å²) in [6, 6.07) is 0. The molecule has 0 amide bonds. The molecule has 1 N–H and O–H groups in total. The fraction of sp³-hybridized carbons (Fsp3) is 0.917. The highest BCUT2D eigenvalue weighted by Crippen LogP contribution is 2.24. The van der Waals surface area contributed by atoms with Crippen molar-refractivity contribution in [3.8, 4) is 0 Å². The average Bonchev–Trinajstić information content (AvgIpc) is 2.35. The van der Waals surface area contributed by atoms with Gasteiger partial charge in [0, 0.05) is 37.7 Å². The highest BCUT2D eigenvalue weighted by atomic mass is 127. The van der Waals surface area contributed by atoms with Crippen molar-refractivity contribution in [2.45, 2.75) is 25.5 Å². The maximum atomic E-state index is 12.1. The third-order valence-electron chi connectivity index (χ3n) is 2.94. The number of alkyl halides is 1. The molecule has 6 heteroatoms. The lowest BCUT2D eigenvalue weighted by Gasteiger charge is -2.36. The molecule has 1 heterocycles. The van der Waals surface area contributed by atoms with Crippen LogP contribution in [-0.2, 0) is 0 Å². The van der Waals surface area contributed by atoms with Crippen molar-refractivity contribution >= 4 is 41.7 Å². The average molecular weight is 389 g/mol. The molecule has 0 aromatic rings. The largest absolute Gasteiger partial charge is 0.356 e. The zero-order valence-corrected chi connectivity index (χ0v) is 14.6. The van der Waals surface area contributed by atoms with Gasteiger partial charge in [-0.1, -0.05) is 13.8 Å². The van der Waals surface area contributed by atoms with Crippen LogP contribution in [0.25, 0.3) is 0 Å². The standard InChI is InChI=1S/C12H24FN3S.HI/c1-10(2)11-9-16(7-8-17-11)12(14-3)15-6-4-5-13;/h10-11H,4-9H2,1-3H3,(H,14,15);1H. The van der Waals surface area contributed by atoms with Gasteiger partial charge in [-0.05, 0) is 12.3 Å². The van der Waals surface area contributed by atoms with Crippen molar-refractivity contribution in [1.82, 2.24) is 10.2 Å². The van der Waals surface area contributed by atoms with Gasteiger partial charge < -0.3 is 10.2 Å². The number of halogens is 2. The molecule has 0 saturated carbocycles. The summed E-state index contributed by atoms with van der Waals surface area (Å²) < 4.78 is 12.1. The van der Waals surface area contributed by atoms with Gasteiger partial charge in [0.05, 0.1) is 6.67 Å². The van der Waals surface area contributed by atoms with Crippen molar-refractivity contribution in [1.29, 1.82) is 0 Å². The van der Waals surface area contributed by atoms with E-state index in [1.165, 1.54) is 0 Å². The summed E-state index contributed by atoms with van der Waals surface area (Å²) in [7, 11) is 1.80. The Morgan fingerprint density at radius 3 is 2.83 bits per heavy atom. The quantitative estimate of drug-likeness (QED) is 0.347. The van der Waals surface area contributed by atoms with Crippen LogP contribution in [0.15, 0.2) is 4.99 Å². The molecule has 108 valence electrons. The lowest BCUT2D eigenvalue weighted by atomic mass is 10.1. The fourth-order valence-electron chi connectivity index (χ4n) is 1.87. The monoisotopic (exact) mass is 389 g/mol. The van der Waals surface area contributed by atoms with Gasteiger partial charge in [-0.25, -0.2) is 0 Å². The van der Waals surface area contributed by atoms with Gasteiger partial charge in [0.15, 0.2) is 5.96 Å². The number of aliphatic imine (C=N–C) groups is 1. The highest BCUT2D eigenvalue weighted by Gasteiger charge is 2.24. The second kappa shape index (κ2) is 10.1. The maximum Gasteiger partial charge on any atom is 0.193 e. The van der Waals surface area contributed by atoms with Gasteiger partial charge in [-0.15, -0.1) is 24.0 Å². The second-order valence-corrected chi connectivity index (χ2v) is 5.96. The second-order valence-electron chi connectivity index (χ2n) is 4.62. The Labute approximate surface area is 131 Å². The molecule has 1 saturated heterocycles. The normalized spacial score (nSPS) is 20.8. The number of hydrogen-bond donors (Lipinski definition) is 1. The van der Waals surface area contributed by atoms with Crippen molar-refractivity contribution < 1.29 is 4.39 Å². The van der Waals surface area contributed by atoms with Crippen LogP contribution >= 0.6 is 35.7 Å². The van der Waals surface area contributed by atoms with E-state index in [1.54, 1.807) is 7.05 Å². The molecular weight excluding hydrogens is 364 g/mol. The third-order valence-corrected chi connectivity index (χ3v) is 4.48. The molecule has 0 radical (unpaired) electrons. The smallest absolute Gasteiger partial charge is 0.193 e. The summed E-state index contributed by atoms with van der Waals surface area (Å²) in [5.41, 5.74) is 0. The molecule has 1 atom stereocenters. The summed E-state index contributed by atoms with van der Waals surface area (Å²) in [6.07, 6.45) is 0.551. The molecule has 0 aliphatic carbocycles. The zero-order valence-electron chi connectivity index (χ0n) is 11.5. The van der Waals surface area contributed by atoms with Crippen LogP contribution in [0.1, 0.15) is 20.3 Å². The molecule has 1 aliphatic rings. The number of nitrogens with one attached hydrogen (secondary N) is 1. The minimum Gasteiger partial charge on any atom is -0.356 e. The SMILES string of the molecule is CN=C(NCCCF)N1CCSC(C(C)C)C1.I. The van der Waals surface area contributed by atoms with Gasteiger partial charge in [0.1, 0.15) is 0 Å². The van der Waals surface area contributed by atoms with Gasteiger partial charge in [-0.3, -0.25) is 9.38 Å². The summed E-state index contributed by atoms with van der Waals surface area (Å²) in [5.74, 6) is 2.75. The number of thioether (sulfide) groups is 1. The van der Waals surface area contributed by atoms with E-state index in [1.807, 2.05) is 11.8 Å². The van der Waals surface area contributed by atoms with Crippen LogP contribution in [0, 0.1) is 5.92 Å². The molecule has 1 aliphatic heterocycles.